The van der Waals surface area contributed by atoms with E-state index in [0.29, 0.717) is 17.9 Å². The van der Waals surface area contributed by atoms with Crippen molar-refractivity contribution in [2.75, 3.05) is 6.54 Å². The lowest BCUT2D eigenvalue weighted by molar-refractivity contribution is -0.138. The van der Waals surface area contributed by atoms with Crippen LogP contribution in [0.5, 0.6) is 0 Å². The molecule has 5 aliphatic rings. The molecular weight excluding hydrogens is 462 g/mol. The standard InChI is InChI=1S/C32H45NO4/c1-19-8-6-9-29-32(13-7-15-33-29)14-12-25(28-18-22(4)31(35)37-28)23(5)26(32)17-20(2)27(34)11-10-24-16-21(3)30(19)36-24/h8,17-18,21,24,26-28,30,34H,6-7,9-16H2,1-5H3/t21-,24+,26+,27+,28+,30+,32+/m1/s1. The number of ether oxygens (including phenoxy) is 2. The zero-order valence-electron chi connectivity index (χ0n) is 23.4. The van der Waals surface area contributed by atoms with Gasteiger partial charge in [0.15, 0.2) is 0 Å². The van der Waals surface area contributed by atoms with Crippen molar-refractivity contribution >= 4 is 11.7 Å². The van der Waals surface area contributed by atoms with Gasteiger partial charge in [-0.1, -0.05) is 24.6 Å². The lowest BCUT2D eigenvalue weighted by Crippen LogP contribution is -2.44. The Labute approximate surface area is 222 Å². The van der Waals surface area contributed by atoms with Crippen molar-refractivity contribution in [1.82, 2.24) is 0 Å². The molecule has 1 aliphatic carbocycles. The molecule has 5 nitrogen and oxygen atoms in total. The fourth-order valence-electron chi connectivity index (χ4n) is 7.70. The fourth-order valence-corrected chi connectivity index (χ4v) is 7.70. The highest BCUT2D eigenvalue weighted by molar-refractivity contribution is 5.93. The summed E-state index contributed by atoms with van der Waals surface area (Å²) >= 11 is 0. The lowest BCUT2D eigenvalue weighted by atomic mass is 9.57. The number of carbonyl (C=O) groups excluding carboxylic acids is 1. The van der Waals surface area contributed by atoms with Crippen molar-refractivity contribution in [2.24, 2.45) is 22.2 Å². The molecule has 4 heterocycles. The molecule has 0 saturated carbocycles. The van der Waals surface area contributed by atoms with E-state index in [2.05, 4.69) is 39.8 Å². The van der Waals surface area contributed by atoms with Crippen molar-refractivity contribution in [3.63, 3.8) is 0 Å². The van der Waals surface area contributed by atoms with Crippen LogP contribution in [0.15, 0.2) is 51.1 Å². The summed E-state index contributed by atoms with van der Waals surface area (Å²) in [7, 11) is 0. The van der Waals surface area contributed by atoms with Gasteiger partial charge in [0, 0.05) is 29.2 Å². The smallest absolute Gasteiger partial charge is 0.334 e. The first-order chi connectivity index (χ1) is 17.7. The number of rotatable bonds is 1. The van der Waals surface area contributed by atoms with Crippen LogP contribution in [0.4, 0.5) is 0 Å². The maximum Gasteiger partial charge on any atom is 0.334 e. The summed E-state index contributed by atoms with van der Waals surface area (Å²) in [5.41, 5.74) is 6.92. The molecule has 1 saturated heterocycles. The van der Waals surface area contributed by atoms with E-state index >= 15 is 0 Å². The van der Waals surface area contributed by atoms with Crippen LogP contribution in [-0.4, -0.2) is 47.7 Å². The van der Waals surface area contributed by atoms with Crippen LogP contribution in [0.3, 0.4) is 0 Å². The quantitative estimate of drug-likeness (QED) is 0.328. The second-order valence-corrected chi connectivity index (χ2v) is 12.3. The zero-order valence-corrected chi connectivity index (χ0v) is 23.4. The molecule has 7 atom stereocenters. The number of cyclic esters (lactones) is 1. The van der Waals surface area contributed by atoms with E-state index in [4.69, 9.17) is 14.5 Å². The Kier molecular flexibility index (Phi) is 7.66. The number of esters is 1. The second-order valence-electron chi connectivity index (χ2n) is 12.3. The van der Waals surface area contributed by atoms with Crippen LogP contribution in [0, 0.1) is 17.3 Å². The lowest BCUT2D eigenvalue weighted by Gasteiger charge is -2.48. The number of aliphatic hydroxyl groups is 1. The summed E-state index contributed by atoms with van der Waals surface area (Å²) in [6.07, 6.45) is 15.1. The van der Waals surface area contributed by atoms with Gasteiger partial charge in [-0.3, -0.25) is 4.99 Å². The Morgan fingerprint density at radius 1 is 1.05 bits per heavy atom. The first kappa shape index (κ1) is 26.6. The topological polar surface area (TPSA) is 68.1 Å². The third-order valence-electron chi connectivity index (χ3n) is 9.87. The van der Waals surface area contributed by atoms with E-state index in [1.807, 2.05) is 13.0 Å². The first-order valence-electron chi connectivity index (χ1n) is 14.5. The van der Waals surface area contributed by atoms with E-state index < -0.39 is 6.10 Å². The molecular formula is C32H45NO4. The van der Waals surface area contributed by atoms with Gasteiger partial charge in [-0.25, -0.2) is 4.79 Å². The maximum atomic E-state index is 12.2. The molecule has 0 unspecified atom stereocenters. The SMILES string of the molecule is CC1=C[C@@H](C2=C(C)[C@@H]3C=C(C)[C@@H](O)CC[C@H]4C[C@@H](C)[C@@H](O4)C(C)=CCCC4=NCCC[C@@]43CC2)OC1=O. The molecule has 1 spiro atoms. The summed E-state index contributed by atoms with van der Waals surface area (Å²) in [6, 6.07) is 0. The van der Waals surface area contributed by atoms with E-state index in [0.717, 1.165) is 63.5 Å². The van der Waals surface area contributed by atoms with Gasteiger partial charge in [0.05, 0.1) is 18.3 Å². The van der Waals surface area contributed by atoms with Gasteiger partial charge in [-0.05, 0) is 114 Å². The largest absolute Gasteiger partial charge is 0.450 e. The average molecular weight is 508 g/mol. The van der Waals surface area contributed by atoms with Gasteiger partial charge in [0.25, 0.3) is 0 Å². The number of allylic oxidation sites excluding steroid dienone is 3. The predicted octanol–water partition coefficient (Wildman–Crippen LogP) is 6.43. The molecule has 5 heteroatoms. The number of carbonyl (C=O) groups is 1. The summed E-state index contributed by atoms with van der Waals surface area (Å²) in [5, 5.41) is 11.2. The first-order valence-corrected chi connectivity index (χ1v) is 14.5. The molecule has 202 valence electrons. The Hall–Kier alpha value is -1.98. The number of aliphatic hydroxyl groups excluding tert-OH is 1. The Morgan fingerprint density at radius 2 is 1.86 bits per heavy atom. The zero-order chi connectivity index (χ0) is 26.3. The number of hydrogen-bond acceptors (Lipinski definition) is 5. The highest BCUT2D eigenvalue weighted by Gasteiger charge is 2.48. The molecule has 2 bridgehead atoms. The minimum Gasteiger partial charge on any atom is -0.450 e. The molecule has 0 aromatic rings. The van der Waals surface area contributed by atoms with E-state index in [9.17, 15) is 9.90 Å². The van der Waals surface area contributed by atoms with Gasteiger partial charge < -0.3 is 14.6 Å². The van der Waals surface area contributed by atoms with Crippen molar-refractivity contribution in [2.45, 2.75) is 117 Å². The molecule has 0 radical (unpaired) electrons. The number of nitrogens with zero attached hydrogens (tertiary/aromatic N) is 1. The van der Waals surface area contributed by atoms with Crippen molar-refractivity contribution in [1.29, 1.82) is 0 Å². The average Bonchev–Trinajstić information content (AvgIpc) is 3.41. The molecule has 1 N–H and O–H groups in total. The van der Waals surface area contributed by atoms with Gasteiger partial charge in [0.1, 0.15) is 6.10 Å². The van der Waals surface area contributed by atoms with Crippen LogP contribution in [0.2, 0.25) is 0 Å². The van der Waals surface area contributed by atoms with E-state index in [1.54, 1.807) is 0 Å². The van der Waals surface area contributed by atoms with E-state index in [1.165, 1.54) is 22.4 Å². The summed E-state index contributed by atoms with van der Waals surface area (Å²) in [4.78, 5) is 17.4. The fraction of sp³-hybridized carbons (Fsp3) is 0.688. The molecule has 1 fully saturated rings. The highest BCUT2D eigenvalue weighted by atomic mass is 16.5. The van der Waals surface area contributed by atoms with Crippen LogP contribution in [-0.2, 0) is 14.3 Å². The summed E-state index contributed by atoms with van der Waals surface area (Å²) in [5.74, 6) is 0.459. The molecule has 5 rings (SSSR count). The van der Waals surface area contributed by atoms with Gasteiger partial charge in [-0.15, -0.1) is 0 Å². The van der Waals surface area contributed by atoms with Crippen molar-refractivity contribution in [3.8, 4) is 0 Å². The molecule has 4 aliphatic heterocycles. The van der Waals surface area contributed by atoms with Gasteiger partial charge in [-0.2, -0.15) is 0 Å². The minimum atomic E-state index is -0.481. The monoisotopic (exact) mass is 507 g/mol. The molecule has 0 aromatic carbocycles. The molecule has 37 heavy (non-hydrogen) atoms. The Bertz CT molecular complexity index is 1080. The van der Waals surface area contributed by atoms with Gasteiger partial charge >= 0.3 is 5.97 Å². The van der Waals surface area contributed by atoms with Crippen LogP contribution in [0.25, 0.3) is 0 Å². The highest BCUT2D eigenvalue weighted by Crippen LogP contribution is 2.53. The van der Waals surface area contributed by atoms with Gasteiger partial charge in [0.2, 0.25) is 0 Å². The van der Waals surface area contributed by atoms with Crippen molar-refractivity contribution in [3.05, 3.63) is 46.1 Å². The molecule has 0 amide bonds. The summed E-state index contributed by atoms with van der Waals surface area (Å²) < 4.78 is 12.2. The third kappa shape index (κ3) is 5.06. The van der Waals surface area contributed by atoms with Crippen LogP contribution < -0.4 is 0 Å². The van der Waals surface area contributed by atoms with Crippen LogP contribution >= 0.6 is 0 Å². The Morgan fingerprint density at radius 3 is 2.62 bits per heavy atom. The summed E-state index contributed by atoms with van der Waals surface area (Å²) in [6.45, 7) is 11.6. The maximum absolute atomic E-state index is 12.2. The normalized spacial score (nSPS) is 39.4. The number of hydrogen-bond donors (Lipinski definition) is 1. The molecule has 0 aromatic heterocycles. The Balaban J connectivity index is 1.55. The van der Waals surface area contributed by atoms with Crippen LogP contribution in [0.1, 0.15) is 92.4 Å². The predicted molar refractivity (Wildman–Crippen MR) is 147 cm³/mol. The second kappa shape index (κ2) is 10.6. The number of aliphatic imine (C=N–C) groups is 1. The minimum absolute atomic E-state index is 0.0289. The number of fused-ring (bicyclic) bond motifs is 2. The van der Waals surface area contributed by atoms with E-state index in [-0.39, 0.29) is 35.6 Å². The van der Waals surface area contributed by atoms with Crippen molar-refractivity contribution < 1.29 is 19.4 Å². The third-order valence-corrected chi connectivity index (χ3v) is 9.87.